The maximum Gasteiger partial charge on any atom is 0.240 e. The summed E-state index contributed by atoms with van der Waals surface area (Å²) in [5.41, 5.74) is 4.77. The fraction of sp³-hybridized carbons (Fsp3) is 0.250. The summed E-state index contributed by atoms with van der Waals surface area (Å²) in [6.07, 6.45) is 1.56. The number of aryl methyl sites for hydroxylation is 1. The molecule has 2 amide bonds. The molecule has 2 rings (SSSR count). The number of anilines is 1. The number of rotatable bonds is 8. The Labute approximate surface area is 172 Å². The third kappa shape index (κ3) is 6.09. The van der Waals surface area contributed by atoms with E-state index in [2.05, 4.69) is 31.8 Å². The van der Waals surface area contributed by atoms with Gasteiger partial charge in [-0.25, -0.2) is 5.43 Å². The van der Waals surface area contributed by atoms with Crippen molar-refractivity contribution in [3.63, 3.8) is 0 Å². The highest BCUT2D eigenvalue weighted by Gasteiger charge is 2.09. The molecular weight excluding hydrogens is 426 g/mol. The van der Waals surface area contributed by atoms with Crippen molar-refractivity contribution in [2.45, 2.75) is 19.8 Å². The molecule has 0 radical (unpaired) electrons. The number of hydrogen-bond acceptors (Lipinski definition) is 5. The largest absolute Gasteiger partial charge is 0.496 e. The minimum atomic E-state index is -0.359. The van der Waals surface area contributed by atoms with Crippen LogP contribution in [0.2, 0.25) is 0 Å². The van der Waals surface area contributed by atoms with Crippen LogP contribution in [0.4, 0.5) is 5.69 Å². The van der Waals surface area contributed by atoms with Crippen LogP contribution in [-0.2, 0) is 9.59 Å². The first kappa shape index (κ1) is 21.4. The quantitative estimate of drug-likeness (QED) is 0.477. The van der Waals surface area contributed by atoms with Crippen LogP contribution in [0.3, 0.4) is 0 Å². The average molecular weight is 448 g/mol. The molecule has 0 aromatic heterocycles. The van der Waals surface area contributed by atoms with E-state index in [9.17, 15) is 9.59 Å². The summed E-state index contributed by atoms with van der Waals surface area (Å²) in [5.74, 6) is 0.588. The number of nitrogens with one attached hydrogen (secondary N) is 2. The second-order valence-electron chi connectivity index (χ2n) is 5.88. The molecule has 8 heteroatoms. The van der Waals surface area contributed by atoms with E-state index >= 15 is 0 Å². The average Bonchev–Trinajstić information content (AvgIpc) is 2.68. The lowest BCUT2D eigenvalue weighted by atomic mass is 10.2. The smallest absolute Gasteiger partial charge is 0.240 e. The van der Waals surface area contributed by atoms with Crippen molar-refractivity contribution in [2.75, 3.05) is 19.5 Å². The number of methoxy groups -OCH3 is 2. The summed E-state index contributed by atoms with van der Waals surface area (Å²) in [6.45, 7) is 1.91. The van der Waals surface area contributed by atoms with Crippen molar-refractivity contribution in [3.8, 4) is 11.5 Å². The highest BCUT2D eigenvalue weighted by molar-refractivity contribution is 9.10. The first-order chi connectivity index (χ1) is 13.4. The second-order valence-corrected chi connectivity index (χ2v) is 6.74. The van der Waals surface area contributed by atoms with Crippen LogP contribution in [-0.4, -0.2) is 32.2 Å². The minimum Gasteiger partial charge on any atom is -0.496 e. The molecular formula is C20H22BrN3O4. The number of para-hydroxylation sites is 1. The van der Waals surface area contributed by atoms with Crippen LogP contribution in [0.15, 0.2) is 46.0 Å². The van der Waals surface area contributed by atoms with Crippen molar-refractivity contribution in [2.24, 2.45) is 5.10 Å². The first-order valence-corrected chi connectivity index (χ1v) is 9.32. The fourth-order valence-corrected chi connectivity index (χ4v) is 2.89. The number of halogens is 1. The topological polar surface area (TPSA) is 89.0 Å². The molecule has 0 fully saturated rings. The summed E-state index contributed by atoms with van der Waals surface area (Å²) in [6, 6.07) is 10.9. The maximum atomic E-state index is 12.0. The molecule has 0 heterocycles. The third-order valence-corrected chi connectivity index (χ3v) is 4.52. The lowest BCUT2D eigenvalue weighted by Crippen LogP contribution is -2.20. The van der Waals surface area contributed by atoms with Crippen LogP contribution >= 0.6 is 15.9 Å². The Balaban J connectivity index is 1.86. The van der Waals surface area contributed by atoms with Gasteiger partial charge >= 0.3 is 0 Å². The number of hydrogen-bond donors (Lipinski definition) is 2. The Kier molecular flexibility index (Phi) is 8.01. The molecule has 0 unspecified atom stereocenters. The Morgan fingerprint density at radius 2 is 1.75 bits per heavy atom. The van der Waals surface area contributed by atoms with E-state index in [1.165, 1.54) is 13.3 Å². The number of hydrazone groups is 1. The van der Waals surface area contributed by atoms with E-state index in [-0.39, 0.29) is 24.7 Å². The molecule has 148 valence electrons. The van der Waals surface area contributed by atoms with Gasteiger partial charge in [0.25, 0.3) is 0 Å². The fourth-order valence-electron chi connectivity index (χ4n) is 2.37. The van der Waals surface area contributed by atoms with Gasteiger partial charge in [0.05, 0.1) is 24.9 Å². The van der Waals surface area contributed by atoms with Crippen LogP contribution in [0, 0.1) is 6.92 Å². The van der Waals surface area contributed by atoms with Crippen molar-refractivity contribution in [3.05, 3.63) is 52.0 Å². The molecule has 2 aromatic carbocycles. The van der Waals surface area contributed by atoms with E-state index in [4.69, 9.17) is 9.47 Å². The Morgan fingerprint density at radius 1 is 1.07 bits per heavy atom. The van der Waals surface area contributed by atoms with Gasteiger partial charge in [-0.3, -0.25) is 9.59 Å². The van der Waals surface area contributed by atoms with E-state index in [1.807, 2.05) is 31.2 Å². The van der Waals surface area contributed by atoms with Gasteiger partial charge in [0, 0.05) is 30.2 Å². The zero-order valence-electron chi connectivity index (χ0n) is 15.9. The van der Waals surface area contributed by atoms with Gasteiger partial charge in [0.15, 0.2) is 0 Å². The zero-order valence-corrected chi connectivity index (χ0v) is 17.5. The van der Waals surface area contributed by atoms with Crippen LogP contribution < -0.4 is 20.2 Å². The van der Waals surface area contributed by atoms with Crippen molar-refractivity contribution in [1.82, 2.24) is 5.43 Å². The normalized spacial score (nSPS) is 10.6. The number of benzene rings is 2. The second kappa shape index (κ2) is 10.5. The molecule has 28 heavy (non-hydrogen) atoms. The van der Waals surface area contributed by atoms with Gasteiger partial charge in [-0.2, -0.15) is 5.10 Å². The summed E-state index contributed by atoms with van der Waals surface area (Å²) in [5, 5.41) is 6.71. The number of amides is 2. The van der Waals surface area contributed by atoms with E-state index < -0.39 is 0 Å². The SMILES string of the molecule is COc1cc(OC)c(C=NNC(=O)CCC(=O)Nc2ccccc2C)cc1Br. The number of nitrogens with zero attached hydrogens (tertiary/aromatic N) is 1. The van der Waals surface area contributed by atoms with E-state index in [1.54, 1.807) is 19.2 Å². The standard InChI is InChI=1S/C20H22BrN3O4/c1-13-6-4-5-7-16(13)23-19(25)8-9-20(26)24-22-12-14-10-15(21)18(28-3)11-17(14)27-2/h4-7,10-12H,8-9H2,1-3H3,(H,23,25)(H,24,26). The third-order valence-electron chi connectivity index (χ3n) is 3.90. The Morgan fingerprint density at radius 3 is 2.43 bits per heavy atom. The Hall–Kier alpha value is -2.87. The lowest BCUT2D eigenvalue weighted by Gasteiger charge is -2.09. The molecule has 0 aliphatic carbocycles. The predicted octanol–water partition coefficient (Wildman–Crippen LogP) is 3.64. The highest BCUT2D eigenvalue weighted by Crippen LogP contribution is 2.31. The van der Waals surface area contributed by atoms with Crippen LogP contribution in [0.5, 0.6) is 11.5 Å². The maximum absolute atomic E-state index is 12.0. The van der Waals surface area contributed by atoms with E-state index in [0.29, 0.717) is 17.1 Å². The molecule has 0 saturated carbocycles. The van der Waals surface area contributed by atoms with Gasteiger partial charge in [-0.1, -0.05) is 18.2 Å². The molecule has 0 saturated heterocycles. The first-order valence-electron chi connectivity index (χ1n) is 8.53. The molecule has 2 N–H and O–H groups in total. The molecule has 0 spiro atoms. The summed E-state index contributed by atoms with van der Waals surface area (Å²) < 4.78 is 11.2. The van der Waals surface area contributed by atoms with Gasteiger partial charge in [0.2, 0.25) is 11.8 Å². The van der Waals surface area contributed by atoms with Crippen LogP contribution in [0.25, 0.3) is 0 Å². The number of carbonyl (C=O) groups is 2. The minimum absolute atomic E-state index is 0.0263. The molecule has 0 aliphatic rings. The number of carbonyl (C=O) groups excluding carboxylic acids is 2. The molecule has 2 aromatic rings. The summed E-state index contributed by atoms with van der Waals surface area (Å²) >= 11 is 3.39. The van der Waals surface area contributed by atoms with Crippen molar-refractivity contribution in [1.29, 1.82) is 0 Å². The zero-order chi connectivity index (χ0) is 20.5. The van der Waals surface area contributed by atoms with Gasteiger partial charge < -0.3 is 14.8 Å². The van der Waals surface area contributed by atoms with Gasteiger partial charge in [-0.15, -0.1) is 0 Å². The Bertz CT molecular complexity index is 884. The lowest BCUT2D eigenvalue weighted by molar-refractivity contribution is -0.124. The number of ether oxygens (including phenoxy) is 2. The summed E-state index contributed by atoms with van der Waals surface area (Å²) in [7, 11) is 3.09. The molecule has 0 atom stereocenters. The van der Waals surface area contributed by atoms with Gasteiger partial charge in [-0.05, 0) is 40.5 Å². The van der Waals surface area contributed by atoms with Crippen molar-refractivity contribution < 1.29 is 19.1 Å². The molecule has 0 bridgehead atoms. The van der Waals surface area contributed by atoms with E-state index in [0.717, 1.165) is 15.7 Å². The van der Waals surface area contributed by atoms with Crippen molar-refractivity contribution >= 4 is 39.6 Å². The summed E-state index contributed by atoms with van der Waals surface area (Å²) in [4.78, 5) is 23.9. The molecule has 0 aliphatic heterocycles. The van der Waals surface area contributed by atoms with Crippen LogP contribution in [0.1, 0.15) is 24.0 Å². The highest BCUT2D eigenvalue weighted by atomic mass is 79.9. The monoisotopic (exact) mass is 447 g/mol. The predicted molar refractivity (Wildman–Crippen MR) is 112 cm³/mol. The molecule has 7 nitrogen and oxygen atoms in total. The van der Waals surface area contributed by atoms with Gasteiger partial charge in [0.1, 0.15) is 11.5 Å².